The monoisotopic (exact) mass is 290 g/mol. The number of hydrogen-bond acceptors (Lipinski definition) is 3. The average Bonchev–Trinajstić information content (AvgIpc) is 2.82. The Hall–Kier alpha value is -2.06. The van der Waals surface area contributed by atoms with Crippen LogP contribution in [0.4, 0.5) is 0 Å². The maximum atomic E-state index is 12.2. The highest BCUT2D eigenvalue weighted by Gasteiger charge is 2.22. The van der Waals surface area contributed by atoms with E-state index >= 15 is 0 Å². The molecule has 0 radical (unpaired) electrons. The van der Waals surface area contributed by atoms with Gasteiger partial charge in [-0.05, 0) is 25.1 Å². The predicted octanol–water partition coefficient (Wildman–Crippen LogP) is 2.30. The molecule has 0 aliphatic heterocycles. The minimum Gasteiger partial charge on any atom is -0.347 e. The Labute approximate surface area is 122 Å². The Morgan fingerprint density at radius 1 is 1.55 bits per heavy atom. The Bertz CT molecular complexity index is 699. The third-order valence-corrected chi connectivity index (χ3v) is 3.44. The van der Waals surface area contributed by atoms with E-state index in [2.05, 4.69) is 11.1 Å². The first-order chi connectivity index (χ1) is 9.49. The van der Waals surface area contributed by atoms with Crippen molar-refractivity contribution in [2.24, 2.45) is 0 Å². The SMILES string of the molecule is CC(C(=O)N(C)C)n1c(CCl)nc2ccc(C#N)cc21. The molecule has 0 fully saturated rings. The van der Waals surface area contributed by atoms with Gasteiger partial charge in [-0.25, -0.2) is 4.98 Å². The summed E-state index contributed by atoms with van der Waals surface area (Å²) in [5.74, 6) is 0.791. The molecule has 2 aromatic rings. The molecule has 0 spiro atoms. The van der Waals surface area contributed by atoms with E-state index in [4.69, 9.17) is 16.9 Å². The molecule has 0 bridgehead atoms. The van der Waals surface area contributed by atoms with Gasteiger partial charge in [-0.3, -0.25) is 4.79 Å². The molecule has 1 atom stereocenters. The molecule has 0 N–H and O–H groups in total. The number of aromatic nitrogens is 2. The molecule has 5 nitrogen and oxygen atoms in total. The summed E-state index contributed by atoms with van der Waals surface area (Å²) >= 11 is 5.93. The van der Waals surface area contributed by atoms with Gasteiger partial charge in [0.2, 0.25) is 5.91 Å². The molecule has 104 valence electrons. The van der Waals surface area contributed by atoms with E-state index in [1.165, 1.54) is 4.90 Å². The van der Waals surface area contributed by atoms with Crippen molar-refractivity contribution in [1.29, 1.82) is 5.26 Å². The Balaban J connectivity index is 2.66. The number of carbonyl (C=O) groups is 1. The molecule has 6 heteroatoms. The lowest BCUT2D eigenvalue weighted by Gasteiger charge is -2.20. The van der Waals surface area contributed by atoms with Gasteiger partial charge in [0.25, 0.3) is 0 Å². The summed E-state index contributed by atoms with van der Waals surface area (Å²) in [6.07, 6.45) is 0. The van der Waals surface area contributed by atoms with Crippen LogP contribution in [-0.4, -0.2) is 34.5 Å². The topological polar surface area (TPSA) is 61.9 Å². The van der Waals surface area contributed by atoms with E-state index in [1.807, 2.05) is 0 Å². The van der Waals surface area contributed by atoms with Gasteiger partial charge in [0, 0.05) is 14.1 Å². The minimum absolute atomic E-state index is 0.0435. The van der Waals surface area contributed by atoms with E-state index in [-0.39, 0.29) is 11.8 Å². The average molecular weight is 291 g/mol. The molecular formula is C14H15ClN4O. The van der Waals surface area contributed by atoms with Gasteiger partial charge >= 0.3 is 0 Å². The van der Waals surface area contributed by atoms with Gasteiger partial charge in [-0.2, -0.15) is 5.26 Å². The Kier molecular flexibility index (Phi) is 3.96. The van der Waals surface area contributed by atoms with Crippen LogP contribution in [-0.2, 0) is 10.7 Å². The van der Waals surface area contributed by atoms with Crippen LogP contribution in [0.1, 0.15) is 24.4 Å². The number of hydrogen-bond donors (Lipinski definition) is 0. The Morgan fingerprint density at radius 3 is 2.80 bits per heavy atom. The van der Waals surface area contributed by atoms with E-state index in [0.717, 1.165) is 11.0 Å². The van der Waals surface area contributed by atoms with Gasteiger partial charge in [0.05, 0.1) is 28.5 Å². The van der Waals surface area contributed by atoms with Gasteiger partial charge in [-0.15, -0.1) is 11.6 Å². The lowest BCUT2D eigenvalue weighted by Crippen LogP contribution is -2.30. The van der Waals surface area contributed by atoms with E-state index in [1.54, 1.807) is 43.8 Å². The van der Waals surface area contributed by atoms with Crippen molar-refractivity contribution in [3.63, 3.8) is 0 Å². The second-order valence-corrected chi connectivity index (χ2v) is 5.02. The molecule has 1 aromatic heterocycles. The highest BCUT2D eigenvalue weighted by molar-refractivity contribution is 6.17. The molecule has 1 amide bonds. The van der Waals surface area contributed by atoms with Gasteiger partial charge in [-0.1, -0.05) is 0 Å². The molecule has 0 aliphatic carbocycles. The number of halogens is 1. The fourth-order valence-electron chi connectivity index (χ4n) is 2.22. The van der Waals surface area contributed by atoms with Gasteiger partial charge in [0.1, 0.15) is 11.9 Å². The van der Waals surface area contributed by atoms with Gasteiger partial charge < -0.3 is 9.47 Å². The standard InChI is InChI=1S/C14H15ClN4O/c1-9(14(20)18(2)3)19-12-6-10(8-16)4-5-11(12)17-13(19)7-15/h4-6,9H,7H2,1-3H3. The van der Waals surface area contributed by atoms with Crippen LogP contribution in [0, 0.1) is 11.3 Å². The smallest absolute Gasteiger partial charge is 0.244 e. The quantitative estimate of drug-likeness (QED) is 0.815. The van der Waals surface area contributed by atoms with Crippen molar-refractivity contribution in [2.45, 2.75) is 18.8 Å². The summed E-state index contributed by atoms with van der Waals surface area (Å²) in [4.78, 5) is 18.1. The number of likely N-dealkylation sites (N-methyl/N-ethyl adjacent to an activating group) is 1. The van der Waals surface area contributed by atoms with Crippen molar-refractivity contribution in [3.05, 3.63) is 29.6 Å². The summed E-state index contributed by atoms with van der Waals surface area (Å²) in [7, 11) is 3.41. The summed E-state index contributed by atoms with van der Waals surface area (Å²) < 4.78 is 1.80. The predicted molar refractivity (Wildman–Crippen MR) is 77.4 cm³/mol. The lowest BCUT2D eigenvalue weighted by atomic mass is 10.2. The summed E-state index contributed by atoms with van der Waals surface area (Å²) in [5.41, 5.74) is 2.02. The number of fused-ring (bicyclic) bond motifs is 1. The first-order valence-corrected chi connectivity index (χ1v) is 6.71. The highest BCUT2D eigenvalue weighted by atomic mass is 35.5. The molecular weight excluding hydrogens is 276 g/mol. The number of amides is 1. The second kappa shape index (κ2) is 5.51. The third kappa shape index (κ3) is 2.35. The number of nitrogens with zero attached hydrogens (tertiary/aromatic N) is 4. The largest absolute Gasteiger partial charge is 0.347 e. The molecule has 1 unspecified atom stereocenters. The van der Waals surface area contributed by atoms with Crippen molar-refractivity contribution in [2.75, 3.05) is 14.1 Å². The van der Waals surface area contributed by atoms with E-state index in [0.29, 0.717) is 11.4 Å². The number of alkyl halides is 1. The van der Waals surface area contributed by atoms with Crippen LogP contribution >= 0.6 is 11.6 Å². The molecule has 1 aromatic carbocycles. The highest BCUT2D eigenvalue weighted by Crippen LogP contribution is 2.24. The van der Waals surface area contributed by atoms with E-state index in [9.17, 15) is 4.79 Å². The molecule has 0 saturated heterocycles. The van der Waals surface area contributed by atoms with Crippen LogP contribution in [0.25, 0.3) is 11.0 Å². The molecule has 1 heterocycles. The van der Waals surface area contributed by atoms with Crippen molar-refractivity contribution in [1.82, 2.24) is 14.5 Å². The normalized spacial score (nSPS) is 12.2. The van der Waals surface area contributed by atoms with Crippen molar-refractivity contribution >= 4 is 28.5 Å². The summed E-state index contributed by atoms with van der Waals surface area (Å²) in [5, 5.41) is 9.01. The zero-order chi connectivity index (χ0) is 14.9. The van der Waals surface area contributed by atoms with Crippen LogP contribution < -0.4 is 0 Å². The van der Waals surface area contributed by atoms with Crippen LogP contribution in [0.15, 0.2) is 18.2 Å². The number of benzene rings is 1. The zero-order valence-corrected chi connectivity index (χ0v) is 12.3. The number of imidazole rings is 1. The van der Waals surface area contributed by atoms with Crippen molar-refractivity contribution < 1.29 is 4.79 Å². The van der Waals surface area contributed by atoms with Gasteiger partial charge in [0.15, 0.2) is 0 Å². The molecule has 0 aliphatic rings. The minimum atomic E-state index is -0.419. The van der Waals surface area contributed by atoms with Crippen LogP contribution in [0.2, 0.25) is 0 Å². The van der Waals surface area contributed by atoms with E-state index < -0.39 is 6.04 Å². The van der Waals surface area contributed by atoms with Crippen LogP contribution in [0.3, 0.4) is 0 Å². The maximum Gasteiger partial charge on any atom is 0.244 e. The number of nitriles is 1. The summed E-state index contributed by atoms with van der Waals surface area (Å²) in [6, 6.07) is 6.89. The maximum absolute atomic E-state index is 12.2. The molecule has 20 heavy (non-hydrogen) atoms. The Morgan fingerprint density at radius 2 is 2.25 bits per heavy atom. The first-order valence-electron chi connectivity index (χ1n) is 6.17. The third-order valence-electron chi connectivity index (χ3n) is 3.20. The zero-order valence-electron chi connectivity index (χ0n) is 11.6. The van der Waals surface area contributed by atoms with Crippen LogP contribution in [0.5, 0.6) is 0 Å². The number of carbonyl (C=O) groups excluding carboxylic acids is 1. The summed E-state index contributed by atoms with van der Waals surface area (Å²) in [6.45, 7) is 1.80. The second-order valence-electron chi connectivity index (χ2n) is 4.76. The number of rotatable bonds is 3. The molecule has 2 rings (SSSR count). The fraction of sp³-hybridized carbons (Fsp3) is 0.357. The lowest BCUT2D eigenvalue weighted by molar-refractivity contribution is -0.131. The first kappa shape index (κ1) is 14.4. The molecule has 0 saturated carbocycles. The van der Waals surface area contributed by atoms with Crippen molar-refractivity contribution in [3.8, 4) is 6.07 Å². The fourth-order valence-corrected chi connectivity index (χ4v) is 2.41.